The van der Waals surface area contributed by atoms with Gasteiger partial charge in [0.05, 0.1) is 11.4 Å². The molecule has 2 unspecified atom stereocenters. The van der Waals surface area contributed by atoms with Crippen LogP contribution in [-0.2, 0) is 7.05 Å². The number of anilines is 2. The molecule has 1 saturated carbocycles. The van der Waals surface area contributed by atoms with Crippen LogP contribution in [0.1, 0.15) is 23.6 Å². The van der Waals surface area contributed by atoms with Gasteiger partial charge in [-0.15, -0.1) is 0 Å². The predicted molar refractivity (Wildman–Crippen MR) is 73.6 cm³/mol. The number of rotatable bonds is 3. The van der Waals surface area contributed by atoms with Gasteiger partial charge in [0, 0.05) is 19.0 Å². The van der Waals surface area contributed by atoms with Gasteiger partial charge < -0.3 is 11.1 Å². The van der Waals surface area contributed by atoms with Crippen LogP contribution in [0.2, 0.25) is 0 Å². The predicted octanol–water partition coefficient (Wildman–Crippen LogP) is 2.28. The van der Waals surface area contributed by atoms with Gasteiger partial charge in [0.25, 0.3) is 0 Å². The zero-order chi connectivity index (χ0) is 12.7. The molecule has 94 valence electrons. The molecule has 0 spiro atoms. The summed E-state index contributed by atoms with van der Waals surface area (Å²) in [5.74, 6) is 1.54. The molecule has 0 radical (unpaired) electrons. The summed E-state index contributed by atoms with van der Waals surface area (Å²) in [6.07, 6.45) is 1.16. The summed E-state index contributed by atoms with van der Waals surface area (Å²) >= 11 is 0. The highest BCUT2D eigenvalue weighted by Gasteiger charge is 2.39. The lowest BCUT2D eigenvalue weighted by molar-refractivity contribution is 0.756. The Kier molecular flexibility index (Phi) is 2.51. The number of benzene rings is 1. The lowest BCUT2D eigenvalue weighted by Gasteiger charge is -2.07. The molecule has 1 aliphatic rings. The molecule has 1 aromatic heterocycles. The van der Waals surface area contributed by atoms with E-state index in [9.17, 15) is 0 Å². The Bertz CT molecular complexity index is 559. The second kappa shape index (κ2) is 4.05. The van der Waals surface area contributed by atoms with E-state index in [-0.39, 0.29) is 0 Å². The monoisotopic (exact) mass is 242 g/mol. The van der Waals surface area contributed by atoms with E-state index in [1.165, 1.54) is 5.56 Å². The maximum absolute atomic E-state index is 6.02. The maximum atomic E-state index is 6.02. The Labute approximate surface area is 107 Å². The molecule has 4 nitrogen and oxygen atoms in total. The zero-order valence-electron chi connectivity index (χ0n) is 10.7. The van der Waals surface area contributed by atoms with Crippen LogP contribution in [0, 0.1) is 6.92 Å². The highest BCUT2D eigenvalue weighted by molar-refractivity contribution is 5.65. The Morgan fingerprint density at radius 2 is 2.06 bits per heavy atom. The minimum atomic E-state index is 0.476. The third-order valence-electron chi connectivity index (χ3n) is 3.61. The van der Waals surface area contributed by atoms with Crippen molar-refractivity contribution in [2.75, 3.05) is 11.1 Å². The van der Waals surface area contributed by atoms with Crippen molar-refractivity contribution in [3.8, 4) is 0 Å². The SMILES string of the molecule is Cc1nn(C)c(NC2CC2c2ccccc2)c1N. The first-order valence-corrected chi connectivity index (χ1v) is 6.27. The van der Waals surface area contributed by atoms with Crippen LogP contribution in [0.15, 0.2) is 30.3 Å². The van der Waals surface area contributed by atoms with Gasteiger partial charge >= 0.3 is 0 Å². The minimum absolute atomic E-state index is 0.476. The van der Waals surface area contributed by atoms with Crippen molar-refractivity contribution in [3.63, 3.8) is 0 Å². The summed E-state index contributed by atoms with van der Waals surface area (Å²) in [6, 6.07) is 11.1. The summed E-state index contributed by atoms with van der Waals surface area (Å²) in [6.45, 7) is 1.93. The molecule has 3 N–H and O–H groups in total. The lowest BCUT2D eigenvalue weighted by atomic mass is 10.1. The van der Waals surface area contributed by atoms with Crippen molar-refractivity contribution < 1.29 is 0 Å². The molecule has 1 heterocycles. The van der Waals surface area contributed by atoms with Gasteiger partial charge in [0.2, 0.25) is 0 Å². The molecule has 4 heteroatoms. The number of nitrogens with two attached hydrogens (primary N) is 1. The van der Waals surface area contributed by atoms with E-state index in [1.807, 2.05) is 18.7 Å². The summed E-state index contributed by atoms with van der Waals surface area (Å²) in [5.41, 5.74) is 9.06. The number of aryl methyl sites for hydroxylation is 2. The first-order chi connectivity index (χ1) is 8.66. The van der Waals surface area contributed by atoms with E-state index in [0.717, 1.165) is 23.6 Å². The van der Waals surface area contributed by atoms with Crippen LogP contribution in [0.3, 0.4) is 0 Å². The normalized spacial score (nSPS) is 21.9. The van der Waals surface area contributed by atoms with Crippen LogP contribution < -0.4 is 11.1 Å². The molecule has 0 saturated heterocycles. The maximum Gasteiger partial charge on any atom is 0.148 e. The number of hydrogen-bond acceptors (Lipinski definition) is 3. The molecule has 0 bridgehead atoms. The quantitative estimate of drug-likeness (QED) is 0.868. The van der Waals surface area contributed by atoms with E-state index in [1.54, 1.807) is 0 Å². The molecule has 2 aromatic rings. The first kappa shape index (κ1) is 11.1. The number of hydrogen-bond donors (Lipinski definition) is 2. The van der Waals surface area contributed by atoms with Gasteiger partial charge in [0.1, 0.15) is 5.82 Å². The van der Waals surface area contributed by atoms with E-state index in [2.05, 4.69) is 40.7 Å². The van der Waals surface area contributed by atoms with Crippen LogP contribution in [0.5, 0.6) is 0 Å². The second-order valence-corrected chi connectivity index (χ2v) is 4.98. The molecule has 1 aromatic carbocycles. The molecule has 0 amide bonds. The minimum Gasteiger partial charge on any atom is -0.394 e. The van der Waals surface area contributed by atoms with Crippen LogP contribution in [0.25, 0.3) is 0 Å². The lowest BCUT2D eigenvalue weighted by Crippen LogP contribution is -2.09. The van der Waals surface area contributed by atoms with Gasteiger partial charge in [-0.05, 0) is 18.9 Å². The van der Waals surface area contributed by atoms with Crippen molar-refractivity contribution >= 4 is 11.5 Å². The summed E-state index contributed by atoms with van der Waals surface area (Å²) < 4.78 is 1.82. The fourth-order valence-corrected chi connectivity index (χ4v) is 2.44. The van der Waals surface area contributed by atoms with Gasteiger partial charge in [-0.25, -0.2) is 0 Å². The highest BCUT2D eigenvalue weighted by Crippen LogP contribution is 2.43. The topological polar surface area (TPSA) is 55.9 Å². The summed E-state index contributed by atoms with van der Waals surface area (Å²) in [4.78, 5) is 0. The zero-order valence-corrected chi connectivity index (χ0v) is 10.7. The second-order valence-electron chi connectivity index (χ2n) is 4.98. The third kappa shape index (κ3) is 1.83. The van der Waals surface area contributed by atoms with Crippen LogP contribution >= 0.6 is 0 Å². The third-order valence-corrected chi connectivity index (χ3v) is 3.61. The molecule has 1 fully saturated rings. The largest absolute Gasteiger partial charge is 0.394 e. The van der Waals surface area contributed by atoms with Gasteiger partial charge in [-0.1, -0.05) is 30.3 Å². The smallest absolute Gasteiger partial charge is 0.148 e. The number of nitrogen functional groups attached to an aromatic ring is 1. The number of nitrogens with one attached hydrogen (secondary N) is 1. The molecular formula is C14H18N4. The Balaban J connectivity index is 1.73. The first-order valence-electron chi connectivity index (χ1n) is 6.27. The molecular weight excluding hydrogens is 224 g/mol. The van der Waals surface area contributed by atoms with Gasteiger partial charge in [-0.3, -0.25) is 4.68 Å². The number of nitrogens with zero attached hydrogens (tertiary/aromatic N) is 2. The molecule has 0 aliphatic heterocycles. The Morgan fingerprint density at radius 3 is 2.67 bits per heavy atom. The average molecular weight is 242 g/mol. The van der Waals surface area contributed by atoms with Gasteiger partial charge in [-0.2, -0.15) is 5.10 Å². The molecule has 1 aliphatic carbocycles. The van der Waals surface area contributed by atoms with Gasteiger partial charge in [0.15, 0.2) is 0 Å². The Hall–Kier alpha value is -1.97. The molecule has 2 atom stereocenters. The van der Waals surface area contributed by atoms with Crippen molar-refractivity contribution in [1.29, 1.82) is 0 Å². The van der Waals surface area contributed by atoms with E-state index in [0.29, 0.717) is 12.0 Å². The Morgan fingerprint density at radius 1 is 1.33 bits per heavy atom. The van der Waals surface area contributed by atoms with Crippen molar-refractivity contribution in [2.45, 2.75) is 25.3 Å². The molecule has 18 heavy (non-hydrogen) atoms. The average Bonchev–Trinajstić information content (AvgIpc) is 3.10. The molecule has 3 rings (SSSR count). The standard InChI is InChI=1S/C14H18N4/c1-9-13(15)14(18(2)17-9)16-12-8-11(12)10-6-4-3-5-7-10/h3-7,11-12,16H,8,15H2,1-2H3. The van der Waals surface area contributed by atoms with Crippen LogP contribution in [0.4, 0.5) is 11.5 Å². The van der Waals surface area contributed by atoms with Crippen molar-refractivity contribution in [3.05, 3.63) is 41.6 Å². The van der Waals surface area contributed by atoms with E-state index < -0.39 is 0 Å². The van der Waals surface area contributed by atoms with Crippen LogP contribution in [-0.4, -0.2) is 15.8 Å². The van der Waals surface area contributed by atoms with E-state index in [4.69, 9.17) is 5.73 Å². The fraction of sp³-hybridized carbons (Fsp3) is 0.357. The summed E-state index contributed by atoms with van der Waals surface area (Å²) in [5, 5.41) is 7.82. The number of aromatic nitrogens is 2. The van der Waals surface area contributed by atoms with E-state index >= 15 is 0 Å². The highest BCUT2D eigenvalue weighted by atomic mass is 15.3. The fourth-order valence-electron chi connectivity index (χ4n) is 2.44. The van der Waals surface area contributed by atoms with Crippen molar-refractivity contribution in [1.82, 2.24) is 9.78 Å². The van der Waals surface area contributed by atoms with Crippen molar-refractivity contribution in [2.24, 2.45) is 7.05 Å². The summed E-state index contributed by atoms with van der Waals surface area (Å²) in [7, 11) is 1.92.